The van der Waals surface area contributed by atoms with Crippen LogP contribution in [0.25, 0.3) is 5.13 Å². The number of hydrogen-bond donors (Lipinski definition) is 1. The van der Waals surface area contributed by atoms with Crippen LogP contribution < -0.4 is 5.32 Å². The summed E-state index contributed by atoms with van der Waals surface area (Å²) in [7, 11) is 0. The summed E-state index contributed by atoms with van der Waals surface area (Å²) in [5.41, 5.74) is 5.95. The fourth-order valence-corrected chi connectivity index (χ4v) is 4.54. The highest BCUT2D eigenvalue weighted by Crippen LogP contribution is 2.25. The highest BCUT2D eigenvalue weighted by Gasteiger charge is 2.17. The van der Waals surface area contributed by atoms with Crippen molar-refractivity contribution >= 4 is 34.5 Å². The van der Waals surface area contributed by atoms with E-state index in [1.165, 1.54) is 23.5 Å². The van der Waals surface area contributed by atoms with Gasteiger partial charge in [-0.1, -0.05) is 29.8 Å². The number of anilines is 1. The van der Waals surface area contributed by atoms with E-state index in [1.807, 2.05) is 38.3 Å². The third-order valence-corrected chi connectivity index (χ3v) is 6.59. The van der Waals surface area contributed by atoms with E-state index >= 15 is 0 Å². The summed E-state index contributed by atoms with van der Waals surface area (Å²) in [4.78, 5) is 17.1. The normalized spacial score (nSPS) is 11.0. The van der Waals surface area contributed by atoms with Crippen molar-refractivity contribution in [2.45, 2.75) is 33.6 Å². The van der Waals surface area contributed by atoms with Crippen molar-refractivity contribution in [1.29, 1.82) is 0 Å². The second kappa shape index (κ2) is 9.22. The first kappa shape index (κ1) is 22.2. The Bertz CT molecular complexity index is 1300. The molecule has 4 rings (SSSR count). The van der Waals surface area contributed by atoms with Crippen LogP contribution in [0.2, 0.25) is 5.02 Å². The molecule has 0 fully saturated rings. The molecule has 2 aromatic carbocycles. The molecule has 8 heteroatoms. The minimum Gasteiger partial charge on any atom is -0.325 e. The van der Waals surface area contributed by atoms with Crippen LogP contribution in [0.3, 0.4) is 0 Å². The molecule has 0 aliphatic heterocycles. The van der Waals surface area contributed by atoms with E-state index in [2.05, 4.69) is 15.4 Å². The predicted molar refractivity (Wildman–Crippen MR) is 126 cm³/mol. The minimum atomic E-state index is -0.249. The number of carbonyl (C=O) groups is 1. The molecule has 2 heterocycles. The Labute approximate surface area is 194 Å². The lowest BCUT2D eigenvalue weighted by atomic mass is 10.0. The van der Waals surface area contributed by atoms with Crippen molar-refractivity contribution in [2.24, 2.45) is 0 Å². The molecule has 0 aliphatic carbocycles. The number of aryl methyl sites for hydroxylation is 1. The molecule has 0 saturated heterocycles. The summed E-state index contributed by atoms with van der Waals surface area (Å²) in [6.45, 7) is 5.78. The largest absolute Gasteiger partial charge is 0.325 e. The topological polar surface area (TPSA) is 59.8 Å². The zero-order chi connectivity index (χ0) is 22.8. The summed E-state index contributed by atoms with van der Waals surface area (Å²) < 4.78 is 15.3. The summed E-state index contributed by atoms with van der Waals surface area (Å²) >= 11 is 7.56. The van der Waals surface area contributed by atoms with Gasteiger partial charge in [0.15, 0.2) is 0 Å². The van der Waals surface area contributed by atoms with Gasteiger partial charge in [-0.15, -0.1) is 11.3 Å². The number of benzene rings is 2. The van der Waals surface area contributed by atoms with Crippen LogP contribution in [0.5, 0.6) is 0 Å². The average molecular weight is 469 g/mol. The number of carbonyl (C=O) groups excluding carboxylic acids is 1. The number of nitrogens with one attached hydrogen (secondary N) is 1. The first-order chi connectivity index (χ1) is 15.3. The molecule has 0 bridgehead atoms. The van der Waals surface area contributed by atoms with E-state index in [-0.39, 0.29) is 18.1 Å². The number of nitrogens with zero attached hydrogens (tertiary/aromatic N) is 3. The van der Waals surface area contributed by atoms with Crippen molar-refractivity contribution < 1.29 is 9.18 Å². The van der Waals surface area contributed by atoms with Crippen LogP contribution >= 0.6 is 22.9 Å². The van der Waals surface area contributed by atoms with E-state index in [0.717, 1.165) is 28.1 Å². The summed E-state index contributed by atoms with van der Waals surface area (Å²) in [6, 6.07) is 12.0. The highest BCUT2D eigenvalue weighted by atomic mass is 35.5. The van der Waals surface area contributed by atoms with E-state index in [1.54, 1.807) is 22.9 Å². The smallest absolute Gasteiger partial charge is 0.230 e. The molecular formula is C24H22ClFN4OS. The molecule has 2 aromatic heterocycles. The maximum absolute atomic E-state index is 13.6. The van der Waals surface area contributed by atoms with Gasteiger partial charge in [0.1, 0.15) is 5.82 Å². The lowest BCUT2D eigenvalue weighted by molar-refractivity contribution is -0.115. The summed E-state index contributed by atoms with van der Waals surface area (Å²) in [6.07, 6.45) is 0.743. The van der Waals surface area contributed by atoms with Crippen LogP contribution in [0, 0.1) is 26.6 Å². The standard InChI is InChI=1S/C24H22ClFN4OS/c1-14-21(25)8-5-9-22(14)28-23(31)12-19-13-32-24(27-19)30-16(3)20(15(2)29-30)11-17-6-4-7-18(26)10-17/h4-10,13H,11-12H2,1-3H3,(H,28,31). The van der Waals surface area contributed by atoms with Crippen molar-refractivity contribution in [3.8, 4) is 5.13 Å². The molecule has 0 aliphatic rings. The van der Waals surface area contributed by atoms with Crippen molar-refractivity contribution in [2.75, 3.05) is 5.32 Å². The lowest BCUT2D eigenvalue weighted by Crippen LogP contribution is -2.15. The molecule has 32 heavy (non-hydrogen) atoms. The number of aromatic nitrogens is 3. The first-order valence-electron chi connectivity index (χ1n) is 10.1. The molecular weight excluding hydrogens is 447 g/mol. The first-order valence-corrected chi connectivity index (χ1v) is 11.4. The van der Waals surface area contributed by atoms with Crippen LogP contribution in [0.4, 0.5) is 10.1 Å². The molecule has 0 radical (unpaired) electrons. The SMILES string of the molecule is Cc1nn(-c2nc(CC(=O)Nc3cccc(Cl)c3C)cs2)c(C)c1Cc1cccc(F)c1. The number of halogens is 2. The highest BCUT2D eigenvalue weighted by molar-refractivity contribution is 7.12. The maximum Gasteiger partial charge on any atom is 0.230 e. The Balaban J connectivity index is 1.50. The Morgan fingerprint density at radius 2 is 1.97 bits per heavy atom. The molecule has 4 aromatic rings. The minimum absolute atomic E-state index is 0.151. The molecule has 0 spiro atoms. The fraction of sp³-hybridized carbons (Fsp3) is 0.208. The van der Waals surface area contributed by atoms with Crippen molar-refractivity contribution in [1.82, 2.24) is 14.8 Å². The van der Waals surface area contributed by atoms with E-state index in [9.17, 15) is 9.18 Å². The zero-order valence-corrected chi connectivity index (χ0v) is 19.5. The number of thiazole rings is 1. The van der Waals surface area contributed by atoms with Gasteiger partial charge in [-0.25, -0.2) is 14.1 Å². The molecule has 0 unspecified atom stereocenters. The van der Waals surface area contributed by atoms with Gasteiger partial charge in [-0.3, -0.25) is 4.79 Å². The number of rotatable bonds is 6. The van der Waals surface area contributed by atoms with Gasteiger partial charge in [0.25, 0.3) is 0 Å². The van der Waals surface area contributed by atoms with Crippen LogP contribution in [-0.4, -0.2) is 20.7 Å². The predicted octanol–water partition coefficient (Wildman–Crippen LogP) is 5.82. The van der Waals surface area contributed by atoms with Crippen LogP contribution in [0.1, 0.15) is 33.8 Å². The summed E-state index contributed by atoms with van der Waals surface area (Å²) in [5, 5.41) is 10.7. The number of hydrogen-bond acceptors (Lipinski definition) is 4. The third-order valence-electron chi connectivity index (χ3n) is 5.32. The fourth-order valence-electron chi connectivity index (χ4n) is 3.54. The summed E-state index contributed by atoms with van der Waals surface area (Å²) in [5.74, 6) is -0.409. The maximum atomic E-state index is 13.6. The second-order valence-electron chi connectivity index (χ2n) is 7.63. The molecule has 0 saturated carbocycles. The Morgan fingerprint density at radius 3 is 2.75 bits per heavy atom. The van der Waals surface area contributed by atoms with Gasteiger partial charge >= 0.3 is 0 Å². The van der Waals surface area contributed by atoms with Gasteiger partial charge in [0, 0.05) is 33.8 Å². The quantitative estimate of drug-likeness (QED) is 0.388. The molecule has 1 amide bonds. The van der Waals surface area contributed by atoms with Gasteiger partial charge in [-0.2, -0.15) is 5.10 Å². The lowest BCUT2D eigenvalue weighted by Gasteiger charge is -2.08. The molecule has 5 nitrogen and oxygen atoms in total. The van der Waals surface area contributed by atoms with Crippen molar-refractivity contribution in [3.63, 3.8) is 0 Å². The van der Waals surface area contributed by atoms with Gasteiger partial charge in [0.05, 0.1) is 17.8 Å². The van der Waals surface area contributed by atoms with E-state index in [0.29, 0.717) is 28.0 Å². The third kappa shape index (κ3) is 4.74. The van der Waals surface area contributed by atoms with Crippen LogP contribution in [0.15, 0.2) is 47.8 Å². The molecule has 0 atom stereocenters. The molecule has 1 N–H and O–H groups in total. The van der Waals surface area contributed by atoms with Crippen molar-refractivity contribution in [3.05, 3.63) is 92.5 Å². The Morgan fingerprint density at radius 1 is 1.19 bits per heavy atom. The van der Waals surface area contributed by atoms with Gasteiger partial charge in [-0.05, 0) is 56.2 Å². The Kier molecular flexibility index (Phi) is 6.39. The molecule has 164 valence electrons. The zero-order valence-electron chi connectivity index (χ0n) is 17.9. The average Bonchev–Trinajstić information content (AvgIpc) is 3.31. The Hall–Kier alpha value is -3.03. The van der Waals surface area contributed by atoms with Gasteiger partial charge in [0.2, 0.25) is 11.0 Å². The monoisotopic (exact) mass is 468 g/mol. The van der Waals surface area contributed by atoms with E-state index < -0.39 is 0 Å². The van der Waals surface area contributed by atoms with Gasteiger partial charge < -0.3 is 5.32 Å². The second-order valence-corrected chi connectivity index (χ2v) is 8.87. The van der Waals surface area contributed by atoms with E-state index in [4.69, 9.17) is 11.6 Å². The number of amides is 1. The van der Waals surface area contributed by atoms with Crippen LogP contribution in [-0.2, 0) is 17.6 Å².